The van der Waals surface area contributed by atoms with Crippen LogP contribution in [-0.4, -0.2) is 50.7 Å². The molecule has 3 aromatic rings. The van der Waals surface area contributed by atoms with Gasteiger partial charge in [-0.15, -0.1) is 0 Å². The lowest BCUT2D eigenvalue weighted by Crippen LogP contribution is -2.45. The third-order valence-corrected chi connectivity index (χ3v) is 7.52. The molecule has 0 radical (unpaired) electrons. The normalized spacial score (nSPS) is 22.6. The molecule has 0 N–H and O–H groups in total. The number of aromatic nitrogens is 2. The van der Waals surface area contributed by atoms with Crippen LogP contribution in [0.15, 0.2) is 67.0 Å². The van der Waals surface area contributed by atoms with Crippen molar-refractivity contribution in [2.24, 2.45) is 7.05 Å². The molecule has 1 aromatic heterocycles. The van der Waals surface area contributed by atoms with E-state index in [1.54, 1.807) is 6.20 Å². The van der Waals surface area contributed by atoms with Crippen LogP contribution in [0.1, 0.15) is 49.5 Å². The maximum atomic E-state index is 13.8. The molecule has 0 bridgehead atoms. The first-order chi connectivity index (χ1) is 16.9. The van der Waals surface area contributed by atoms with Gasteiger partial charge in [-0.05, 0) is 36.0 Å². The highest BCUT2D eigenvalue weighted by atomic mass is 16.2. The van der Waals surface area contributed by atoms with Crippen LogP contribution in [0.2, 0.25) is 0 Å². The topological polar surface area (TPSA) is 75.5 Å². The molecule has 3 amide bonds. The molecule has 35 heavy (non-hydrogen) atoms. The van der Waals surface area contributed by atoms with Gasteiger partial charge in [0.05, 0.1) is 11.5 Å². The molecule has 0 aliphatic carbocycles. The number of hydrogen-bond acceptors (Lipinski definition) is 4. The van der Waals surface area contributed by atoms with Crippen molar-refractivity contribution in [2.75, 3.05) is 13.6 Å². The molecule has 2 atom stereocenters. The maximum absolute atomic E-state index is 13.8. The highest BCUT2D eigenvalue weighted by molar-refractivity contribution is 6.10. The summed E-state index contributed by atoms with van der Waals surface area (Å²) in [7, 11) is 3.44. The number of rotatable bonds is 5. The van der Waals surface area contributed by atoms with E-state index in [9.17, 15) is 14.4 Å². The summed E-state index contributed by atoms with van der Waals surface area (Å²) in [4.78, 5) is 47.5. The van der Waals surface area contributed by atoms with Crippen LogP contribution in [0.3, 0.4) is 0 Å². The van der Waals surface area contributed by atoms with Gasteiger partial charge in [0, 0.05) is 45.9 Å². The minimum absolute atomic E-state index is 0.000329. The third kappa shape index (κ3) is 4.05. The number of likely N-dealkylation sites (tertiary alicyclic amines) is 2. The van der Waals surface area contributed by atoms with Crippen molar-refractivity contribution >= 4 is 17.7 Å². The van der Waals surface area contributed by atoms with Crippen molar-refractivity contribution < 1.29 is 14.4 Å². The fourth-order valence-corrected chi connectivity index (χ4v) is 5.52. The Hall–Kier alpha value is -3.74. The summed E-state index contributed by atoms with van der Waals surface area (Å²) in [5, 5.41) is 0. The summed E-state index contributed by atoms with van der Waals surface area (Å²) in [6.07, 6.45) is 6.37. The average molecular weight is 471 g/mol. The molecular weight excluding hydrogens is 440 g/mol. The molecule has 2 fully saturated rings. The van der Waals surface area contributed by atoms with Gasteiger partial charge in [0.2, 0.25) is 17.7 Å². The Kier molecular flexibility index (Phi) is 6.01. The lowest BCUT2D eigenvalue weighted by atomic mass is 9.75. The van der Waals surface area contributed by atoms with E-state index in [0.29, 0.717) is 12.1 Å². The lowest BCUT2D eigenvalue weighted by molar-refractivity contribution is -0.143. The van der Waals surface area contributed by atoms with Gasteiger partial charge < -0.3 is 9.47 Å². The summed E-state index contributed by atoms with van der Waals surface area (Å²) in [5.74, 6) is 0.176. The van der Waals surface area contributed by atoms with Crippen LogP contribution < -0.4 is 0 Å². The Bertz CT molecular complexity index is 1250. The standard InChI is InChI=1S/C28H30N4O3/c1-30-17-15-29-26(30)23-10-6-7-16-32(23)25(34)19-28(18-24(33)31(2)27(28)35)22-13-11-21(12-14-22)20-8-4-3-5-9-20/h3-5,8-9,11-15,17,23H,6-7,10,16,18-19H2,1-2H3/t23-,28-/m0/s1. The molecule has 2 saturated heterocycles. The van der Waals surface area contributed by atoms with E-state index in [2.05, 4.69) is 4.98 Å². The number of carbonyl (C=O) groups excluding carboxylic acids is 3. The number of imide groups is 1. The predicted molar refractivity (Wildman–Crippen MR) is 132 cm³/mol. The fraction of sp³-hybridized carbons (Fsp3) is 0.357. The highest BCUT2D eigenvalue weighted by Crippen LogP contribution is 2.42. The number of likely N-dealkylation sites (N-methyl/N-ethyl adjacent to an activating group) is 1. The minimum Gasteiger partial charge on any atom is -0.336 e. The summed E-state index contributed by atoms with van der Waals surface area (Å²) >= 11 is 0. The van der Waals surface area contributed by atoms with Crippen molar-refractivity contribution in [1.82, 2.24) is 19.4 Å². The number of carbonyl (C=O) groups is 3. The SMILES string of the molecule is CN1C(=O)C[C@](CC(=O)N2CCCC[C@H]2c2nccn2C)(c2ccc(-c3ccccc3)cc2)C1=O. The second-order valence-electron chi connectivity index (χ2n) is 9.63. The van der Waals surface area contributed by atoms with E-state index >= 15 is 0 Å². The van der Waals surface area contributed by atoms with Crippen LogP contribution >= 0.6 is 0 Å². The number of aryl methyl sites for hydroxylation is 1. The summed E-state index contributed by atoms with van der Waals surface area (Å²) in [5.41, 5.74) is 1.61. The van der Waals surface area contributed by atoms with Crippen molar-refractivity contribution in [3.8, 4) is 11.1 Å². The molecule has 0 saturated carbocycles. The molecule has 0 unspecified atom stereocenters. The van der Waals surface area contributed by atoms with Crippen LogP contribution in [0.4, 0.5) is 0 Å². The molecule has 7 heteroatoms. The van der Waals surface area contributed by atoms with Gasteiger partial charge >= 0.3 is 0 Å². The number of imidazole rings is 1. The van der Waals surface area contributed by atoms with Gasteiger partial charge in [-0.1, -0.05) is 54.6 Å². The first-order valence-electron chi connectivity index (χ1n) is 12.1. The van der Waals surface area contributed by atoms with Crippen LogP contribution in [0, 0.1) is 0 Å². The minimum atomic E-state index is -1.19. The Balaban J connectivity index is 1.48. The van der Waals surface area contributed by atoms with Crippen molar-refractivity contribution in [3.05, 3.63) is 78.4 Å². The quantitative estimate of drug-likeness (QED) is 0.531. The Labute approximate surface area is 205 Å². The smallest absolute Gasteiger partial charge is 0.240 e. The van der Waals surface area contributed by atoms with Crippen molar-refractivity contribution in [3.63, 3.8) is 0 Å². The first-order valence-corrected chi connectivity index (χ1v) is 12.1. The van der Waals surface area contributed by atoms with E-state index < -0.39 is 5.41 Å². The average Bonchev–Trinajstić information content (AvgIpc) is 3.41. The number of nitrogens with zero attached hydrogens (tertiary/aromatic N) is 4. The largest absolute Gasteiger partial charge is 0.336 e. The molecule has 2 aromatic carbocycles. The molecule has 7 nitrogen and oxygen atoms in total. The fourth-order valence-electron chi connectivity index (χ4n) is 5.52. The third-order valence-electron chi connectivity index (χ3n) is 7.52. The Morgan fingerprint density at radius 3 is 2.34 bits per heavy atom. The van der Waals surface area contributed by atoms with Crippen molar-refractivity contribution in [1.29, 1.82) is 0 Å². The first kappa shape index (κ1) is 23.0. The Morgan fingerprint density at radius 1 is 1.00 bits per heavy atom. The molecule has 3 heterocycles. The van der Waals surface area contributed by atoms with Crippen LogP contribution in [0.25, 0.3) is 11.1 Å². The number of piperidine rings is 1. The van der Waals surface area contributed by atoms with E-state index in [4.69, 9.17) is 0 Å². The number of benzene rings is 2. The lowest BCUT2D eigenvalue weighted by Gasteiger charge is -2.37. The van der Waals surface area contributed by atoms with Crippen LogP contribution in [-0.2, 0) is 26.8 Å². The zero-order chi connectivity index (χ0) is 24.6. The van der Waals surface area contributed by atoms with E-state index in [-0.39, 0.29) is 36.6 Å². The molecule has 180 valence electrons. The van der Waals surface area contributed by atoms with Gasteiger partial charge in [-0.25, -0.2) is 4.98 Å². The maximum Gasteiger partial charge on any atom is 0.240 e. The predicted octanol–water partition coefficient (Wildman–Crippen LogP) is 3.86. The van der Waals surface area contributed by atoms with Gasteiger partial charge in [-0.2, -0.15) is 0 Å². The molecule has 5 rings (SSSR count). The van der Waals surface area contributed by atoms with E-state index in [0.717, 1.165) is 36.2 Å². The van der Waals surface area contributed by atoms with E-state index in [1.807, 2.05) is 77.3 Å². The molecule has 2 aliphatic rings. The highest BCUT2D eigenvalue weighted by Gasteiger charge is 2.53. The zero-order valence-electron chi connectivity index (χ0n) is 20.2. The monoisotopic (exact) mass is 470 g/mol. The number of hydrogen-bond donors (Lipinski definition) is 0. The van der Waals surface area contributed by atoms with E-state index in [1.165, 1.54) is 11.9 Å². The van der Waals surface area contributed by atoms with Gasteiger partial charge in [0.25, 0.3) is 0 Å². The summed E-state index contributed by atoms with van der Waals surface area (Å²) in [6.45, 7) is 0.622. The van der Waals surface area contributed by atoms with Crippen LogP contribution in [0.5, 0.6) is 0 Å². The second kappa shape index (κ2) is 9.13. The van der Waals surface area contributed by atoms with Gasteiger partial charge in [0.15, 0.2) is 0 Å². The summed E-state index contributed by atoms with van der Waals surface area (Å²) in [6, 6.07) is 17.6. The van der Waals surface area contributed by atoms with Gasteiger partial charge in [0.1, 0.15) is 5.82 Å². The molecule has 2 aliphatic heterocycles. The van der Waals surface area contributed by atoms with Crippen molar-refractivity contribution in [2.45, 2.75) is 43.6 Å². The molecule has 0 spiro atoms. The number of amides is 3. The zero-order valence-corrected chi connectivity index (χ0v) is 20.2. The Morgan fingerprint density at radius 2 is 1.71 bits per heavy atom. The summed E-state index contributed by atoms with van der Waals surface area (Å²) < 4.78 is 1.95. The molecular formula is C28H30N4O3. The van der Waals surface area contributed by atoms with Gasteiger partial charge in [-0.3, -0.25) is 19.3 Å². The second-order valence-corrected chi connectivity index (χ2v) is 9.63.